The standard InChI is InChI=1S/C23H23Cl2NO3/c1-15-5-4-6-16(11-15)14-29-22-17(8-10-21(27-2)23(22)28-3)7-9-18-19(24)12-26-13-20(18)25/h4-6,8,10-13H,7,9,14H2,1-3H3. The Morgan fingerprint density at radius 3 is 2.31 bits per heavy atom. The highest BCUT2D eigenvalue weighted by atomic mass is 35.5. The number of pyridine rings is 1. The van der Waals surface area contributed by atoms with Gasteiger partial charge in [-0.05, 0) is 42.5 Å². The highest BCUT2D eigenvalue weighted by Crippen LogP contribution is 2.41. The lowest BCUT2D eigenvalue weighted by atomic mass is 10.0. The first-order chi connectivity index (χ1) is 14.0. The maximum Gasteiger partial charge on any atom is 0.203 e. The average Bonchev–Trinajstić information content (AvgIpc) is 2.71. The van der Waals surface area contributed by atoms with Crippen LogP contribution in [0.1, 0.15) is 22.3 Å². The molecule has 0 aliphatic rings. The van der Waals surface area contributed by atoms with Crippen LogP contribution in [0.15, 0.2) is 48.8 Å². The second kappa shape index (κ2) is 9.86. The summed E-state index contributed by atoms with van der Waals surface area (Å²) >= 11 is 12.5. The van der Waals surface area contributed by atoms with Crippen LogP contribution in [-0.4, -0.2) is 19.2 Å². The zero-order valence-electron chi connectivity index (χ0n) is 16.7. The van der Waals surface area contributed by atoms with Crippen molar-refractivity contribution in [2.75, 3.05) is 14.2 Å². The fourth-order valence-electron chi connectivity index (χ4n) is 3.19. The van der Waals surface area contributed by atoms with Gasteiger partial charge in [-0.2, -0.15) is 0 Å². The van der Waals surface area contributed by atoms with E-state index in [1.807, 2.05) is 24.3 Å². The molecule has 0 radical (unpaired) electrons. The summed E-state index contributed by atoms with van der Waals surface area (Å²) in [6, 6.07) is 12.1. The van der Waals surface area contributed by atoms with Crippen molar-refractivity contribution in [1.29, 1.82) is 0 Å². The average molecular weight is 432 g/mol. The summed E-state index contributed by atoms with van der Waals surface area (Å²) in [6.45, 7) is 2.48. The number of hydrogen-bond acceptors (Lipinski definition) is 4. The van der Waals surface area contributed by atoms with Gasteiger partial charge in [0.1, 0.15) is 6.61 Å². The van der Waals surface area contributed by atoms with Crippen LogP contribution in [0, 0.1) is 6.92 Å². The van der Waals surface area contributed by atoms with Gasteiger partial charge in [-0.25, -0.2) is 0 Å². The molecule has 0 bridgehead atoms. The highest BCUT2D eigenvalue weighted by molar-refractivity contribution is 6.35. The van der Waals surface area contributed by atoms with Gasteiger partial charge in [-0.15, -0.1) is 0 Å². The molecule has 3 rings (SSSR count). The van der Waals surface area contributed by atoms with Gasteiger partial charge in [0.15, 0.2) is 11.5 Å². The minimum absolute atomic E-state index is 0.426. The second-order valence-electron chi connectivity index (χ2n) is 6.65. The smallest absolute Gasteiger partial charge is 0.203 e. The molecule has 3 aromatic rings. The first-order valence-corrected chi connectivity index (χ1v) is 9.99. The summed E-state index contributed by atoms with van der Waals surface area (Å²) < 4.78 is 17.3. The zero-order chi connectivity index (χ0) is 20.8. The Morgan fingerprint density at radius 2 is 1.66 bits per heavy atom. The first-order valence-electron chi connectivity index (χ1n) is 9.23. The van der Waals surface area contributed by atoms with Crippen LogP contribution < -0.4 is 14.2 Å². The van der Waals surface area contributed by atoms with Crippen LogP contribution in [0.2, 0.25) is 10.0 Å². The molecule has 1 aromatic heterocycles. The van der Waals surface area contributed by atoms with Gasteiger partial charge in [-0.1, -0.05) is 59.1 Å². The van der Waals surface area contributed by atoms with Crippen LogP contribution in [0.25, 0.3) is 0 Å². The Bertz CT molecular complexity index is 972. The number of aryl methyl sites for hydroxylation is 2. The topological polar surface area (TPSA) is 40.6 Å². The minimum Gasteiger partial charge on any atom is -0.493 e. The molecule has 1 heterocycles. The number of benzene rings is 2. The lowest BCUT2D eigenvalue weighted by Gasteiger charge is -2.18. The van der Waals surface area contributed by atoms with E-state index in [9.17, 15) is 0 Å². The SMILES string of the molecule is COc1ccc(CCc2c(Cl)cncc2Cl)c(OCc2cccc(C)c2)c1OC. The lowest BCUT2D eigenvalue weighted by molar-refractivity contribution is 0.272. The van der Waals surface area contributed by atoms with Crippen molar-refractivity contribution in [1.82, 2.24) is 4.98 Å². The van der Waals surface area contributed by atoms with Crippen LogP contribution in [0.5, 0.6) is 17.2 Å². The number of rotatable bonds is 8. The molecule has 0 fully saturated rings. The Labute approximate surface area is 181 Å². The van der Waals surface area contributed by atoms with E-state index in [0.29, 0.717) is 46.7 Å². The van der Waals surface area contributed by atoms with Gasteiger partial charge in [0.05, 0.1) is 24.3 Å². The van der Waals surface area contributed by atoms with E-state index in [1.54, 1.807) is 26.6 Å². The fraction of sp³-hybridized carbons (Fsp3) is 0.261. The number of halogens is 2. The van der Waals surface area contributed by atoms with Gasteiger partial charge < -0.3 is 14.2 Å². The number of aromatic nitrogens is 1. The molecule has 6 heteroatoms. The lowest BCUT2D eigenvalue weighted by Crippen LogP contribution is -2.04. The highest BCUT2D eigenvalue weighted by Gasteiger charge is 2.18. The third kappa shape index (κ3) is 5.14. The molecule has 0 unspecified atom stereocenters. The molecule has 0 saturated carbocycles. The van der Waals surface area contributed by atoms with E-state index in [-0.39, 0.29) is 0 Å². The molecule has 0 amide bonds. The third-order valence-corrected chi connectivity index (χ3v) is 5.30. The number of hydrogen-bond donors (Lipinski definition) is 0. The molecule has 152 valence electrons. The molecule has 0 saturated heterocycles. The summed E-state index contributed by atoms with van der Waals surface area (Å²) in [4.78, 5) is 4.01. The van der Waals surface area contributed by atoms with Crippen molar-refractivity contribution in [2.24, 2.45) is 0 Å². The molecule has 0 aliphatic carbocycles. The summed E-state index contributed by atoms with van der Waals surface area (Å²) in [7, 11) is 3.22. The van der Waals surface area contributed by atoms with Crippen molar-refractivity contribution < 1.29 is 14.2 Å². The van der Waals surface area contributed by atoms with E-state index < -0.39 is 0 Å². The van der Waals surface area contributed by atoms with Gasteiger partial charge in [0.25, 0.3) is 0 Å². The van der Waals surface area contributed by atoms with Crippen LogP contribution in [0.3, 0.4) is 0 Å². The quantitative estimate of drug-likeness (QED) is 0.433. The fourth-order valence-corrected chi connectivity index (χ4v) is 3.74. The number of methoxy groups -OCH3 is 2. The van der Waals surface area contributed by atoms with Crippen molar-refractivity contribution in [3.63, 3.8) is 0 Å². The molecular formula is C23H23Cl2NO3. The maximum atomic E-state index is 6.27. The van der Waals surface area contributed by atoms with Crippen molar-refractivity contribution in [2.45, 2.75) is 26.4 Å². The van der Waals surface area contributed by atoms with Crippen LogP contribution >= 0.6 is 23.2 Å². The molecule has 2 aromatic carbocycles. The predicted octanol–water partition coefficient (Wildman–Crippen LogP) is 6.08. The summed E-state index contributed by atoms with van der Waals surface area (Å²) in [6.07, 6.45) is 4.53. The Hall–Kier alpha value is -2.43. The molecule has 0 atom stereocenters. The second-order valence-corrected chi connectivity index (χ2v) is 7.46. The van der Waals surface area contributed by atoms with E-state index in [0.717, 1.165) is 16.7 Å². The summed E-state index contributed by atoms with van der Waals surface area (Å²) in [5.41, 5.74) is 4.12. The van der Waals surface area contributed by atoms with E-state index in [1.165, 1.54) is 5.56 Å². The molecule has 29 heavy (non-hydrogen) atoms. The van der Waals surface area contributed by atoms with Crippen LogP contribution in [-0.2, 0) is 19.4 Å². The van der Waals surface area contributed by atoms with Crippen molar-refractivity contribution >= 4 is 23.2 Å². The monoisotopic (exact) mass is 431 g/mol. The van der Waals surface area contributed by atoms with Crippen LogP contribution in [0.4, 0.5) is 0 Å². The largest absolute Gasteiger partial charge is 0.493 e. The molecule has 0 N–H and O–H groups in total. The van der Waals surface area contributed by atoms with E-state index in [4.69, 9.17) is 37.4 Å². The van der Waals surface area contributed by atoms with E-state index >= 15 is 0 Å². The zero-order valence-corrected chi connectivity index (χ0v) is 18.2. The Kier molecular flexibility index (Phi) is 7.24. The maximum absolute atomic E-state index is 6.27. The van der Waals surface area contributed by atoms with Gasteiger partial charge >= 0.3 is 0 Å². The molecule has 0 aliphatic heterocycles. The Balaban J connectivity index is 1.89. The predicted molar refractivity (Wildman–Crippen MR) is 117 cm³/mol. The molecule has 0 spiro atoms. The molecular weight excluding hydrogens is 409 g/mol. The van der Waals surface area contributed by atoms with Crippen molar-refractivity contribution in [3.8, 4) is 17.2 Å². The van der Waals surface area contributed by atoms with Gasteiger partial charge in [0, 0.05) is 12.4 Å². The van der Waals surface area contributed by atoms with E-state index in [2.05, 4.69) is 24.0 Å². The minimum atomic E-state index is 0.426. The summed E-state index contributed by atoms with van der Waals surface area (Å²) in [5, 5.41) is 1.11. The van der Waals surface area contributed by atoms with Gasteiger partial charge in [-0.3, -0.25) is 4.98 Å². The number of ether oxygens (including phenoxy) is 3. The Morgan fingerprint density at radius 1 is 0.897 bits per heavy atom. The van der Waals surface area contributed by atoms with Gasteiger partial charge in [0.2, 0.25) is 5.75 Å². The summed E-state index contributed by atoms with van der Waals surface area (Å²) in [5.74, 6) is 1.86. The normalized spacial score (nSPS) is 10.7. The van der Waals surface area contributed by atoms with Crippen molar-refractivity contribution in [3.05, 3.63) is 81.1 Å². The number of nitrogens with zero attached hydrogens (tertiary/aromatic N) is 1. The first kappa shape index (κ1) is 21.3. The molecule has 4 nitrogen and oxygen atoms in total. The third-order valence-electron chi connectivity index (χ3n) is 4.64.